The van der Waals surface area contributed by atoms with Crippen LogP contribution in [-0.4, -0.2) is 46.9 Å². The number of hydrogen-bond acceptors (Lipinski definition) is 3. The molecule has 0 radical (unpaired) electrons. The topological polar surface area (TPSA) is 47.4 Å². The standard InChI is InChI=1S/C18H17F2N3O2/c19-11-1-2-15(14(20)9-11)23-17-12-7-10(12)8-13(17)16(21-23)18(24)22-3-5-25-6-4-22/h1-2,9-10,12H,3-8H2/t10-,12-/m1/s1. The zero-order chi connectivity index (χ0) is 17.1. The number of hydrogen-bond donors (Lipinski definition) is 0. The van der Waals surface area contributed by atoms with Gasteiger partial charge in [-0.2, -0.15) is 5.10 Å². The number of fused-ring (bicyclic) bond motifs is 3. The fourth-order valence-corrected chi connectivity index (χ4v) is 4.04. The van der Waals surface area contributed by atoms with Crippen molar-refractivity contribution in [1.29, 1.82) is 0 Å². The van der Waals surface area contributed by atoms with Crippen LogP contribution in [0, 0.1) is 17.6 Å². The van der Waals surface area contributed by atoms with Crippen LogP contribution in [0.4, 0.5) is 8.78 Å². The van der Waals surface area contributed by atoms with E-state index in [0.717, 1.165) is 30.2 Å². The lowest BCUT2D eigenvalue weighted by atomic mass is 10.1. The fourth-order valence-electron chi connectivity index (χ4n) is 4.04. The van der Waals surface area contributed by atoms with E-state index in [-0.39, 0.29) is 11.6 Å². The molecule has 130 valence electrons. The number of aromatic nitrogens is 2. The van der Waals surface area contributed by atoms with Crippen LogP contribution < -0.4 is 0 Å². The number of morpholine rings is 1. The molecule has 1 saturated heterocycles. The summed E-state index contributed by atoms with van der Waals surface area (Å²) in [6.07, 6.45) is 1.86. The predicted octanol–water partition coefficient (Wildman–Crippen LogP) is 2.28. The van der Waals surface area contributed by atoms with E-state index in [1.165, 1.54) is 16.8 Å². The van der Waals surface area contributed by atoms with Crippen molar-refractivity contribution in [3.63, 3.8) is 0 Å². The molecule has 1 aromatic heterocycles. The molecule has 0 spiro atoms. The molecular weight excluding hydrogens is 328 g/mol. The number of benzene rings is 1. The maximum absolute atomic E-state index is 14.3. The quantitative estimate of drug-likeness (QED) is 0.839. The lowest BCUT2D eigenvalue weighted by Gasteiger charge is -2.26. The fraction of sp³-hybridized carbons (Fsp3) is 0.444. The molecule has 5 nitrogen and oxygen atoms in total. The Labute approximate surface area is 143 Å². The van der Waals surface area contributed by atoms with E-state index >= 15 is 0 Å². The lowest BCUT2D eigenvalue weighted by Crippen LogP contribution is -2.41. The third-order valence-corrected chi connectivity index (χ3v) is 5.40. The SMILES string of the molecule is O=C(c1nn(-c2ccc(F)cc2F)c2c1C[C@H]1C[C@@H]21)N1CCOCC1. The molecular formula is C18H17F2N3O2. The summed E-state index contributed by atoms with van der Waals surface area (Å²) in [6.45, 7) is 2.12. The molecule has 5 rings (SSSR count). The number of ether oxygens (including phenoxy) is 1. The van der Waals surface area contributed by atoms with Crippen molar-refractivity contribution >= 4 is 5.91 Å². The predicted molar refractivity (Wildman–Crippen MR) is 84.8 cm³/mol. The van der Waals surface area contributed by atoms with Gasteiger partial charge in [0.15, 0.2) is 11.5 Å². The minimum Gasteiger partial charge on any atom is -0.378 e. The van der Waals surface area contributed by atoms with Gasteiger partial charge in [-0.1, -0.05) is 0 Å². The molecule has 25 heavy (non-hydrogen) atoms. The van der Waals surface area contributed by atoms with Crippen LogP contribution >= 0.6 is 0 Å². The van der Waals surface area contributed by atoms with Gasteiger partial charge in [0.2, 0.25) is 0 Å². The average molecular weight is 345 g/mol. The van der Waals surface area contributed by atoms with Gasteiger partial charge in [0.25, 0.3) is 5.91 Å². The van der Waals surface area contributed by atoms with Crippen molar-refractivity contribution in [1.82, 2.24) is 14.7 Å². The van der Waals surface area contributed by atoms with Crippen molar-refractivity contribution in [2.75, 3.05) is 26.3 Å². The number of carbonyl (C=O) groups excluding carboxylic acids is 1. The average Bonchev–Trinajstić information content (AvgIpc) is 3.12. The van der Waals surface area contributed by atoms with Gasteiger partial charge in [-0.3, -0.25) is 4.79 Å². The Hall–Kier alpha value is -2.28. The highest BCUT2D eigenvalue weighted by molar-refractivity contribution is 5.94. The molecule has 3 aliphatic rings. The number of amides is 1. The highest BCUT2D eigenvalue weighted by Crippen LogP contribution is 2.57. The van der Waals surface area contributed by atoms with Crippen LogP contribution in [0.2, 0.25) is 0 Å². The maximum atomic E-state index is 14.3. The number of carbonyl (C=O) groups is 1. The smallest absolute Gasteiger partial charge is 0.274 e. The van der Waals surface area contributed by atoms with Crippen molar-refractivity contribution in [2.45, 2.75) is 18.8 Å². The van der Waals surface area contributed by atoms with Gasteiger partial charge in [0, 0.05) is 30.6 Å². The largest absolute Gasteiger partial charge is 0.378 e. The first-order chi connectivity index (χ1) is 12.1. The molecule has 1 aromatic carbocycles. The molecule has 2 aliphatic carbocycles. The van der Waals surface area contributed by atoms with E-state index < -0.39 is 11.6 Å². The van der Waals surface area contributed by atoms with Gasteiger partial charge < -0.3 is 9.64 Å². The third kappa shape index (κ3) is 2.29. The first-order valence-electron chi connectivity index (χ1n) is 8.57. The number of halogens is 2. The van der Waals surface area contributed by atoms with E-state index in [9.17, 15) is 13.6 Å². The molecule has 1 aliphatic heterocycles. The Balaban J connectivity index is 1.60. The molecule has 7 heteroatoms. The van der Waals surface area contributed by atoms with Crippen LogP contribution in [0.15, 0.2) is 18.2 Å². The van der Waals surface area contributed by atoms with Crippen LogP contribution in [-0.2, 0) is 11.2 Å². The van der Waals surface area contributed by atoms with Crippen LogP contribution in [0.5, 0.6) is 0 Å². The first kappa shape index (κ1) is 15.0. The second-order valence-electron chi connectivity index (χ2n) is 6.93. The Bertz CT molecular complexity index is 873. The highest BCUT2D eigenvalue weighted by atomic mass is 19.1. The molecule has 2 atom stereocenters. The minimum atomic E-state index is -0.667. The number of nitrogens with zero attached hydrogens (tertiary/aromatic N) is 3. The van der Waals surface area contributed by atoms with Gasteiger partial charge in [-0.05, 0) is 30.9 Å². The summed E-state index contributed by atoms with van der Waals surface area (Å²) in [7, 11) is 0. The normalized spacial score (nSPS) is 24.2. The van der Waals surface area contributed by atoms with E-state index in [2.05, 4.69) is 5.10 Å². The zero-order valence-electron chi connectivity index (χ0n) is 13.5. The Morgan fingerprint density at radius 2 is 2.04 bits per heavy atom. The van der Waals surface area contributed by atoms with Crippen LogP contribution in [0.25, 0.3) is 5.69 Å². The summed E-state index contributed by atoms with van der Waals surface area (Å²) in [5.41, 5.74) is 2.47. The maximum Gasteiger partial charge on any atom is 0.274 e. The second-order valence-corrected chi connectivity index (χ2v) is 6.93. The van der Waals surface area contributed by atoms with Gasteiger partial charge in [0.05, 0.1) is 18.9 Å². The van der Waals surface area contributed by atoms with Crippen molar-refractivity contribution in [3.05, 3.63) is 46.8 Å². The molecule has 1 amide bonds. The molecule has 2 fully saturated rings. The van der Waals surface area contributed by atoms with Gasteiger partial charge in [0.1, 0.15) is 11.5 Å². The van der Waals surface area contributed by atoms with Crippen molar-refractivity contribution in [2.24, 2.45) is 5.92 Å². The highest BCUT2D eigenvalue weighted by Gasteiger charge is 2.50. The number of rotatable bonds is 2. The van der Waals surface area contributed by atoms with Crippen molar-refractivity contribution < 1.29 is 18.3 Å². The molecule has 2 aromatic rings. The summed E-state index contributed by atoms with van der Waals surface area (Å²) in [4.78, 5) is 14.6. The van der Waals surface area contributed by atoms with E-state index in [1.54, 1.807) is 4.90 Å². The summed E-state index contributed by atoms with van der Waals surface area (Å²) in [5, 5.41) is 4.47. The van der Waals surface area contributed by atoms with Crippen molar-refractivity contribution in [3.8, 4) is 5.69 Å². The molecule has 0 bridgehead atoms. The summed E-state index contributed by atoms with van der Waals surface area (Å²) in [5.74, 6) is -0.557. The zero-order valence-corrected chi connectivity index (χ0v) is 13.5. The Morgan fingerprint density at radius 1 is 1.24 bits per heavy atom. The van der Waals surface area contributed by atoms with Gasteiger partial charge >= 0.3 is 0 Å². The summed E-state index contributed by atoms with van der Waals surface area (Å²) >= 11 is 0. The lowest BCUT2D eigenvalue weighted by molar-refractivity contribution is 0.0298. The van der Waals surface area contributed by atoms with Crippen LogP contribution in [0.3, 0.4) is 0 Å². The summed E-state index contributed by atoms with van der Waals surface area (Å²) in [6, 6.07) is 3.46. The molecule has 1 saturated carbocycles. The molecule has 0 N–H and O–H groups in total. The van der Waals surface area contributed by atoms with E-state index in [0.29, 0.717) is 43.8 Å². The second kappa shape index (κ2) is 5.36. The van der Waals surface area contributed by atoms with Gasteiger partial charge in [-0.25, -0.2) is 13.5 Å². The monoisotopic (exact) mass is 345 g/mol. The Morgan fingerprint density at radius 3 is 2.80 bits per heavy atom. The Kier molecular flexibility index (Phi) is 3.22. The first-order valence-corrected chi connectivity index (χ1v) is 8.57. The third-order valence-electron chi connectivity index (χ3n) is 5.40. The van der Waals surface area contributed by atoms with Gasteiger partial charge in [-0.15, -0.1) is 0 Å². The molecule has 2 heterocycles. The van der Waals surface area contributed by atoms with Crippen LogP contribution in [0.1, 0.15) is 34.1 Å². The minimum absolute atomic E-state index is 0.123. The summed E-state index contributed by atoms with van der Waals surface area (Å²) < 4.78 is 34.4. The molecule has 0 unspecified atom stereocenters. The van der Waals surface area contributed by atoms with E-state index in [4.69, 9.17) is 4.74 Å². The van der Waals surface area contributed by atoms with E-state index in [1.807, 2.05) is 0 Å².